The van der Waals surface area contributed by atoms with Gasteiger partial charge < -0.3 is 4.74 Å². The Balaban J connectivity index is 2.02. The fourth-order valence-electron chi connectivity index (χ4n) is 1.57. The van der Waals surface area contributed by atoms with Crippen LogP contribution < -0.4 is 4.74 Å². The molecule has 1 aromatic heterocycles. The lowest BCUT2D eigenvalue weighted by Gasteiger charge is -2.06. The highest BCUT2D eigenvalue weighted by Crippen LogP contribution is 2.30. The summed E-state index contributed by atoms with van der Waals surface area (Å²) in [6, 6.07) is 10.3. The Kier molecular flexibility index (Phi) is 4.46. The molecule has 0 atom stereocenters. The molecule has 0 amide bonds. The van der Waals surface area contributed by atoms with Crippen molar-refractivity contribution in [3.63, 3.8) is 0 Å². The summed E-state index contributed by atoms with van der Waals surface area (Å²) in [6.07, 6.45) is 2.31. The van der Waals surface area contributed by atoms with E-state index in [2.05, 4.69) is 20.9 Å². The highest BCUT2D eigenvalue weighted by atomic mass is 79.9. The molecule has 0 bridgehead atoms. The third kappa shape index (κ3) is 3.75. The van der Waals surface area contributed by atoms with Gasteiger partial charge in [-0.25, -0.2) is 0 Å². The molecule has 0 aliphatic carbocycles. The molecule has 19 heavy (non-hydrogen) atoms. The number of halogens is 1. The maximum atomic E-state index is 10.9. The summed E-state index contributed by atoms with van der Waals surface area (Å²) in [4.78, 5) is 14.6. The first-order valence-corrected chi connectivity index (χ1v) is 6.43. The van der Waals surface area contributed by atoms with Crippen LogP contribution in [0.5, 0.6) is 5.75 Å². The van der Waals surface area contributed by atoms with Crippen molar-refractivity contribution in [2.45, 2.75) is 6.42 Å². The summed E-state index contributed by atoms with van der Waals surface area (Å²) in [5, 5.41) is 10.9. The molecule has 2 aromatic rings. The van der Waals surface area contributed by atoms with Gasteiger partial charge in [0.05, 0.1) is 11.5 Å². The number of hydrogen-bond acceptors (Lipinski definition) is 4. The molecule has 0 spiro atoms. The number of hydrogen-bond donors (Lipinski definition) is 0. The first kappa shape index (κ1) is 13.5. The molecule has 6 heteroatoms. The van der Waals surface area contributed by atoms with E-state index >= 15 is 0 Å². The topological polar surface area (TPSA) is 65.3 Å². The van der Waals surface area contributed by atoms with Crippen LogP contribution in [-0.2, 0) is 6.42 Å². The minimum Gasteiger partial charge on any atom is -0.486 e. The first-order valence-electron chi connectivity index (χ1n) is 5.63. The van der Waals surface area contributed by atoms with Gasteiger partial charge >= 0.3 is 5.69 Å². The quantitative estimate of drug-likeness (QED) is 0.625. The molecule has 0 aliphatic heterocycles. The summed E-state index contributed by atoms with van der Waals surface area (Å²) in [6.45, 7) is 0.347. The van der Waals surface area contributed by atoms with Gasteiger partial charge in [0.2, 0.25) is 0 Å². The minimum atomic E-state index is -0.457. The molecule has 0 aliphatic rings. The molecule has 0 N–H and O–H groups in total. The van der Waals surface area contributed by atoms with Gasteiger partial charge in [-0.05, 0) is 24.3 Å². The van der Waals surface area contributed by atoms with E-state index in [9.17, 15) is 10.1 Å². The lowest BCUT2D eigenvalue weighted by atomic mass is 10.3. The Morgan fingerprint density at radius 1 is 1.32 bits per heavy atom. The first-order chi connectivity index (χ1) is 9.16. The predicted octanol–water partition coefficient (Wildman–Crippen LogP) is 3.37. The lowest BCUT2D eigenvalue weighted by molar-refractivity contribution is -0.385. The Bertz CT molecular complexity index is 575. The van der Waals surface area contributed by atoms with Gasteiger partial charge in [-0.1, -0.05) is 22.0 Å². The monoisotopic (exact) mass is 322 g/mol. The zero-order chi connectivity index (χ0) is 13.7. The smallest absolute Gasteiger partial charge is 0.312 e. The molecule has 98 valence electrons. The molecule has 0 saturated carbocycles. The molecule has 2 rings (SSSR count). The minimum absolute atomic E-state index is 0.0459. The Morgan fingerprint density at radius 3 is 2.84 bits per heavy atom. The van der Waals surface area contributed by atoms with Crippen LogP contribution in [-0.4, -0.2) is 16.5 Å². The summed E-state index contributed by atoms with van der Waals surface area (Å²) in [5.74, 6) is 0.268. The Morgan fingerprint density at radius 2 is 2.16 bits per heavy atom. The lowest BCUT2D eigenvalue weighted by Crippen LogP contribution is -2.04. The summed E-state index contributed by atoms with van der Waals surface area (Å²) >= 11 is 3.20. The van der Waals surface area contributed by atoms with Gasteiger partial charge in [0, 0.05) is 28.9 Å². The van der Waals surface area contributed by atoms with E-state index in [4.69, 9.17) is 4.74 Å². The van der Waals surface area contributed by atoms with Gasteiger partial charge in [0.25, 0.3) is 0 Å². The molecule has 0 saturated heterocycles. The zero-order valence-electron chi connectivity index (χ0n) is 9.95. The maximum absolute atomic E-state index is 10.9. The van der Waals surface area contributed by atoms with Crippen molar-refractivity contribution >= 4 is 21.6 Å². The number of nitro groups is 1. The third-order valence-corrected chi connectivity index (χ3v) is 2.95. The van der Waals surface area contributed by atoms with Gasteiger partial charge in [-0.3, -0.25) is 15.1 Å². The molecule has 0 radical (unpaired) electrons. The van der Waals surface area contributed by atoms with E-state index in [1.165, 1.54) is 6.07 Å². The number of pyridine rings is 1. The maximum Gasteiger partial charge on any atom is 0.312 e. The normalized spacial score (nSPS) is 10.2. The van der Waals surface area contributed by atoms with E-state index in [-0.39, 0.29) is 11.4 Å². The Hall–Kier alpha value is -1.95. The SMILES string of the molecule is O=[N+]([O-])c1cc(Br)ccc1OCCc1ccccn1. The molecule has 1 heterocycles. The molecule has 5 nitrogen and oxygen atoms in total. The number of nitrogens with zero attached hydrogens (tertiary/aromatic N) is 2. The van der Waals surface area contributed by atoms with Crippen molar-refractivity contribution in [1.82, 2.24) is 4.98 Å². The largest absolute Gasteiger partial charge is 0.486 e. The third-order valence-electron chi connectivity index (χ3n) is 2.46. The highest BCUT2D eigenvalue weighted by Gasteiger charge is 2.15. The van der Waals surface area contributed by atoms with Gasteiger partial charge in [0.15, 0.2) is 5.75 Å². The van der Waals surface area contributed by atoms with Crippen molar-refractivity contribution < 1.29 is 9.66 Å². The molecular formula is C13H11BrN2O3. The van der Waals surface area contributed by atoms with Crippen LogP contribution in [0.2, 0.25) is 0 Å². The van der Waals surface area contributed by atoms with Crippen molar-refractivity contribution in [3.05, 3.63) is 62.9 Å². The molecule has 0 unspecified atom stereocenters. The van der Waals surface area contributed by atoms with Crippen LogP contribution >= 0.6 is 15.9 Å². The van der Waals surface area contributed by atoms with Gasteiger partial charge in [-0.2, -0.15) is 0 Å². The second-order valence-electron chi connectivity index (χ2n) is 3.79. The summed E-state index contributed by atoms with van der Waals surface area (Å²) in [7, 11) is 0. The fraction of sp³-hybridized carbons (Fsp3) is 0.154. The van der Waals surface area contributed by atoms with E-state index in [1.54, 1.807) is 18.3 Å². The number of rotatable bonds is 5. The molecule has 1 aromatic carbocycles. The average molecular weight is 323 g/mol. The number of ether oxygens (including phenoxy) is 1. The predicted molar refractivity (Wildman–Crippen MR) is 74.2 cm³/mol. The van der Waals surface area contributed by atoms with Crippen LogP contribution in [0.15, 0.2) is 47.1 Å². The second-order valence-corrected chi connectivity index (χ2v) is 4.70. The van der Waals surface area contributed by atoms with Crippen LogP contribution in [0.25, 0.3) is 0 Å². The van der Waals surface area contributed by atoms with Crippen molar-refractivity contribution in [2.24, 2.45) is 0 Å². The summed E-state index contributed by atoms with van der Waals surface area (Å²) < 4.78 is 6.10. The average Bonchev–Trinajstić information content (AvgIpc) is 2.41. The second kappa shape index (κ2) is 6.29. The number of benzene rings is 1. The van der Waals surface area contributed by atoms with E-state index in [0.29, 0.717) is 17.5 Å². The van der Waals surface area contributed by atoms with E-state index in [0.717, 1.165) is 5.69 Å². The highest BCUT2D eigenvalue weighted by molar-refractivity contribution is 9.10. The van der Waals surface area contributed by atoms with Crippen LogP contribution in [0.3, 0.4) is 0 Å². The molecule has 0 fully saturated rings. The van der Waals surface area contributed by atoms with E-state index in [1.807, 2.05) is 18.2 Å². The van der Waals surface area contributed by atoms with Crippen LogP contribution in [0, 0.1) is 10.1 Å². The van der Waals surface area contributed by atoms with Crippen LogP contribution in [0.1, 0.15) is 5.69 Å². The fourth-order valence-corrected chi connectivity index (χ4v) is 1.92. The molecular weight excluding hydrogens is 312 g/mol. The summed E-state index contributed by atoms with van der Waals surface area (Å²) in [5.41, 5.74) is 0.845. The Labute approximate surface area is 118 Å². The number of nitro benzene ring substituents is 1. The van der Waals surface area contributed by atoms with E-state index < -0.39 is 4.92 Å². The van der Waals surface area contributed by atoms with Gasteiger partial charge in [0.1, 0.15) is 0 Å². The van der Waals surface area contributed by atoms with Crippen molar-refractivity contribution in [3.8, 4) is 5.75 Å². The van der Waals surface area contributed by atoms with Crippen molar-refractivity contribution in [2.75, 3.05) is 6.61 Å². The standard InChI is InChI=1S/C13H11BrN2O3/c14-10-4-5-13(12(9-10)16(17)18)19-8-6-11-3-1-2-7-15-11/h1-5,7,9H,6,8H2. The van der Waals surface area contributed by atoms with Gasteiger partial charge in [-0.15, -0.1) is 0 Å². The van der Waals surface area contributed by atoms with Crippen LogP contribution in [0.4, 0.5) is 5.69 Å². The number of aromatic nitrogens is 1. The zero-order valence-corrected chi connectivity index (χ0v) is 11.5. The van der Waals surface area contributed by atoms with Crippen molar-refractivity contribution in [1.29, 1.82) is 0 Å².